The highest BCUT2D eigenvalue weighted by atomic mass is 35.5. The predicted molar refractivity (Wildman–Crippen MR) is 115 cm³/mol. The summed E-state index contributed by atoms with van der Waals surface area (Å²) in [7, 11) is 0. The zero-order valence-corrected chi connectivity index (χ0v) is 17.7. The van der Waals surface area contributed by atoms with Gasteiger partial charge in [-0.25, -0.2) is 0 Å². The first-order valence-corrected chi connectivity index (χ1v) is 10.6. The Kier molecular flexibility index (Phi) is 6.85. The Balaban J connectivity index is 2.19. The molecule has 2 N–H and O–H groups in total. The maximum absolute atomic E-state index is 12.2. The van der Waals surface area contributed by atoms with Crippen LogP contribution in [0.4, 0.5) is 0 Å². The van der Waals surface area contributed by atoms with Gasteiger partial charge in [0.05, 0.1) is 6.07 Å². The van der Waals surface area contributed by atoms with E-state index in [9.17, 15) is 15.2 Å². The minimum atomic E-state index is -1.05. The minimum absolute atomic E-state index is 0.301. The minimum Gasteiger partial charge on any atom is -0.480 e. The van der Waals surface area contributed by atoms with Gasteiger partial charge in [-0.05, 0) is 41.8 Å². The van der Waals surface area contributed by atoms with Crippen LogP contribution in [0.5, 0.6) is 0 Å². The van der Waals surface area contributed by atoms with E-state index < -0.39 is 23.3 Å². The number of carbonyl (C=O) groups is 1. The number of nitrogens with one attached hydrogen (secondary N) is 1. The topological polar surface area (TPSA) is 73.1 Å². The van der Waals surface area contributed by atoms with Gasteiger partial charge in [-0.3, -0.25) is 10.1 Å². The average molecular weight is 431 g/mol. The van der Waals surface area contributed by atoms with E-state index in [0.29, 0.717) is 16.5 Å². The van der Waals surface area contributed by atoms with E-state index in [1.165, 1.54) is 0 Å². The molecule has 2 aromatic carbocycles. The average Bonchev–Trinajstić information content (AvgIpc) is 3.04. The summed E-state index contributed by atoms with van der Waals surface area (Å²) in [4.78, 5) is 12.2. The van der Waals surface area contributed by atoms with Gasteiger partial charge in [0.1, 0.15) is 11.5 Å². The summed E-state index contributed by atoms with van der Waals surface area (Å²) >= 11 is 12.3. The van der Waals surface area contributed by atoms with Gasteiger partial charge < -0.3 is 5.11 Å². The van der Waals surface area contributed by atoms with E-state index in [4.69, 9.17) is 23.2 Å². The number of carboxylic acids is 1. The van der Waals surface area contributed by atoms with Gasteiger partial charge >= 0.3 is 5.97 Å². The number of hydrogen-bond acceptors (Lipinski definition) is 3. The molecule has 2 aromatic rings. The number of nitrogens with zero attached hydrogens (tertiary/aromatic N) is 1. The molecule has 0 unspecified atom stereocenters. The second-order valence-corrected chi connectivity index (χ2v) is 8.42. The molecule has 3 rings (SSSR count). The molecule has 1 heterocycles. The molecule has 1 aliphatic rings. The largest absolute Gasteiger partial charge is 0.480 e. The van der Waals surface area contributed by atoms with E-state index >= 15 is 0 Å². The second kappa shape index (κ2) is 9.17. The Bertz CT molecular complexity index is 910. The molecule has 0 saturated carbocycles. The van der Waals surface area contributed by atoms with Crippen LogP contribution in [0.2, 0.25) is 10.0 Å². The Hall–Kier alpha value is -2.06. The lowest BCUT2D eigenvalue weighted by Crippen LogP contribution is -2.41. The monoisotopic (exact) mass is 430 g/mol. The summed E-state index contributed by atoms with van der Waals surface area (Å²) in [5.74, 6) is -1.56. The van der Waals surface area contributed by atoms with Crippen LogP contribution >= 0.6 is 23.2 Å². The quantitative estimate of drug-likeness (QED) is 0.565. The van der Waals surface area contributed by atoms with E-state index in [1.54, 1.807) is 30.3 Å². The van der Waals surface area contributed by atoms with E-state index in [2.05, 4.69) is 18.3 Å². The lowest BCUT2D eigenvalue weighted by molar-refractivity contribution is -0.139. The first-order valence-electron chi connectivity index (χ1n) is 9.85. The summed E-state index contributed by atoms with van der Waals surface area (Å²) < 4.78 is 0. The number of rotatable bonds is 7. The van der Waals surface area contributed by atoms with Crippen molar-refractivity contribution in [1.82, 2.24) is 5.32 Å². The molecule has 6 heteroatoms. The highest BCUT2D eigenvalue weighted by Gasteiger charge is 2.58. The third-order valence-electron chi connectivity index (χ3n) is 5.83. The number of hydrogen-bond donors (Lipinski definition) is 2. The second-order valence-electron chi connectivity index (χ2n) is 7.55. The third kappa shape index (κ3) is 4.14. The van der Waals surface area contributed by atoms with Crippen LogP contribution < -0.4 is 5.32 Å². The summed E-state index contributed by atoms with van der Waals surface area (Å²) in [5.41, 5.74) is 0.463. The Morgan fingerprint density at radius 3 is 2.48 bits per heavy atom. The lowest BCUT2D eigenvalue weighted by Gasteiger charge is -2.34. The Morgan fingerprint density at radius 1 is 1.17 bits per heavy atom. The number of halogens is 2. The van der Waals surface area contributed by atoms with Gasteiger partial charge in [-0.1, -0.05) is 73.7 Å². The molecule has 0 radical (unpaired) electrons. The smallest absolute Gasteiger partial charge is 0.321 e. The first-order chi connectivity index (χ1) is 13.9. The van der Waals surface area contributed by atoms with Crippen LogP contribution in [-0.4, -0.2) is 23.2 Å². The molecule has 0 bridgehead atoms. The maximum atomic E-state index is 12.2. The molecule has 0 amide bonds. The molecule has 1 fully saturated rings. The third-order valence-corrected chi connectivity index (χ3v) is 6.32. The molecule has 0 aliphatic carbocycles. The van der Waals surface area contributed by atoms with Crippen molar-refractivity contribution < 1.29 is 9.90 Å². The maximum Gasteiger partial charge on any atom is 0.321 e. The normalized spacial score (nSPS) is 26.2. The molecule has 29 heavy (non-hydrogen) atoms. The molecule has 152 valence electrons. The number of aliphatic carboxylic acids is 1. The van der Waals surface area contributed by atoms with Crippen LogP contribution in [0.15, 0.2) is 48.5 Å². The Labute approximate surface area is 181 Å². The van der Waals surface area contributed by atoms with E-state index in [0.717, 1.165) is 30.4 Å². The summed E-state index contributed by atoms with van der Waals surface area (Å²) in [5, 5.41) is 24.9. The summed E-state index contributed by atoms with van der Waals surface area (Å²) in [6.45, 7) is 2.12. The standard InChI is InChI=1S/C23H24Cl2N2O2/c1-2-3-4-8-19-23(14-26,16-9-11-17(24)12-10-16)20(21(27-19)22(28)29)15-6-5-7-18(25)13-15/h5-7,9-13,19-21,27H,2-4,8H2,1H3,(H,28,29)/t19-,20-,21+,23-/m0/s1. The predicted octanol–water partition coefficient (Wildman–Crippen LogP) is 5.54. The lowest BCUT2D eigenvalue weighted by atomic mass is 9.64. The van der Waals surface area contributed by atoms with E-state index in [1.807, 2.05) is 18.2 Å². The summed E-state index contributed by atoms with van der Waals surface area (Å²) in [6, 6.07) is 15.7. The van der Waals surface area contributed by atoms with Crippen molar-refractivity contribution in [2.75, 3.05) is 0 Å². The van der Waals surface area contributed by atoms with Crippen molar-refractivity contribution in [3.05, 3.63) is 69.7 Å². The molecule has 0 spiro atoms. The Morgan fingerprint density at radius 2 is 1.90 bits per heavy atom. The highest BCUT2D eigenvalue weighted by Crippen LogP contribution is 2.50. The van der Waals surface area contributed by atoms with E-state index in [-0.39, 0.29) is 6.04 Å². The molecular weight excluding hydrogens is 407 g/mol. The van der Waals surface area contributed by atoms with Crippen molar-refractivity contribution in [1.29, 1.82) is 5.26 Å². The number of carboxylic acid groups (broad SMARTS) is 1. The van der Waals surface area contributed by atoms with Crippen LogP contribution in [0.25, 0.3) is 0 Å². The van der Waals surface area contributed by atoms with Crippen molar-refractivity contribution >= 4 is 29.2 Å². The fourth-order valence-electron chi connectivity index (χ4n) is 4.52. The van der Waals surface area contributed by atoms with Crippen LogP contribution in [0.3, 0.4) is 0 Å². The zero-order valence-electron chi connectivity index (χ0n) is 16.2. The van der Waals surface area contributed by atoms with Crippen LogP contribution in [0, 0.1) is 11.3 Å². The molecule has 1 aliphatic heterocycles. The number of benzene rings is 2. The number of unbranched alkanes of at least 4 members (excludes halogenated alkanes) is 2. The van der Waals surface area contributed by atoms with Crippen molar-refractivity contribution in [3.63, 3.8) is 0 Å². The zero-order chi connectivity index (χ0) is 21.0. The molecule has 4 atom stereocenters. The fraction of sp³-hybridized carbons (Fsp3) is 0.391. The highest BCUT2D eigenvalue weighted by molar-refractivity contribution is 6.30. The van der Waals surface area contributed by atoms with Crippen molar-refractivity contribution in [2.45, 2.75) is 56.0 Å². The molecular formula is C23H24Cl2N2O2. The molecule has 4 nitrogen and oxygen atoms in total. The fourth-order valence-corrected chi connectivity index (χ4v) is 4.85. The van der Waals surface area contributed by atoms with Crippen molar-refractivity contribution in [3.8, 4) is 6.07 Å². The van der Waals surface area contributed by atoms with Crippen LogP contribution in [0.1, 0.15) is 49.7 Å². The molecule has 1 saturated heterocycles. The van der Waals surface area contributed by atoms with Gasteiger partial charge in [0.25, 0.3) is 0 Å². The first kappa shape index (κ1) is 21.6. The number of nitriles is 1. The SMILES string of the molecule is CCCCC[C@@H]1N[C@@H](C(=O)O)[C@H](c2cccc(Cl)c2)[C@@]1(C#N)c1ccc(Cl)cc1. The van der Waals surface area contributed by atoms with Gasteiger partial charge in [0.2, 0.25) is 0 Å². The van der Waals surface area contributed by atoms with Gasteiger partial charge in [-0.2, -0.15) is 5.26 Å². The van der Waals surface area contributed by atoms with Crippen LogP contribution in [-0.2, 0) is 10.2 Å². The van der Waals surface area contributed by atoms with Crippen molar-refractivity contribution in [2.24, 2.45) is 0 Å². The van der Waals surface area contributed by atoms with Gasteiger partial charge in [0.15, 0.2) is 0 Å². The van der Waals surface area contributed by atoms with Gasteiger partial charge in [-0.15, -0.1) is 0 Å². The van der Waals surface area contributed by atoms with Gasteiger partial charge in [0, 0.05) is 22.0 Å². The molecule has 0 aromatic heterocycles. The summed E-state index contributed by atoms with van der Waals surface area (Å²) in [6.07, 6.45) is 3.71.